The van der Waals surface area contributed by atoms with Gasteiger partial charge >= 0.3 is 0 Å². The molecule has 0 bridgehead atoms. The Morgan fingerprint density at radius 1 is 1.31 bits per heavy atom. The number of furan rings is 1. The topological polar surface area (TPSA) is 58.4 Å². The zero-order valence-electron chi connectivity index (χ0n) is 14.9. The summed E-state index contributed by atoms with van der Waals surface area (Å²) < 4.78 is 6.62. The lowest BCUT2D eigenvalue weighted by atomic mass is 9.97. The van der Waals surface area contributed by atoms with Crippen LogP contribution in [0.4, 0.5) is 0 Å². The Morgan fingerprint density at radius 3 is 2.85 bits per heavy atom. The molecule has 1 fully saturated rings. The molecule has 1 atom stereocenters. The number of hydrogen-bond acceptors (Lipinski definition) is 5. The molecule has 26 heavy (non-hydrogen) atoms. The average Bonchev–Trinajstić information content (AvgIpc) is 3.35. The summed E-state index contributed by atoms with van der Waals surface area (Å²) in [5.74, 6) is 1.48. The number of fused-ring (bicyclic) bond motifs is 1. The lowest BCUT2D eigenvalue weighted by Crippen LogP contribution is -2.42. The molecule has 1 aliphatic rings. The highest BCUT2D eigenvalue weighted by Crippen LogP contribution is 2.33. The Morgan fingerprint density at radius 2 is 2.12 bits per heavy atom. The van der Waals surface area contributed by atoms with E-state index in [1.54, 1.807) is 17.6 Å². The second-order valence-corrected chi connectivity index (χ2v) is 7.86. The summed E-state index contributed by atoms with van der Waals surface area (Å²) in [7, 11) is 0. The van der Waals surface area contributed by atoms with Gasteiger partial charge in [0.05, 0.1) is 34.1 Å². The van der Waals surface area contributed by atoms with Crippen molar-refractivity contribution in [3.05, 3.63) is 53.4 Å². The second kappa shape index (κ2) is 7.60. The molecule has 1 aromatic carbocycles. The first-order chi connectivity index (χ1) is 12.7. The fraction of sp³-hybridized carbons (Fsp3) is 0.400. The largest absolute Gasteiger partial charge is 0.468 e. The van der Waals surface area contributed by atoms with E-state index < -0.39 is 0 Å². The molecule has 3 heterocycles. The maximum atomic E-state index is 12.5. The van der Waals surface area contributed by atoms with E-state index >= 15 is 0 Å². The monoisotopic (exact) mass is 369 g/mol. The van der Waals surface area contributed by atoms with E-state index in [0.29, 0.717) is 12.5 Å². The summed E-state index contributed by atoms with van der Waals surface area (Å²) in [6.45, 7) is 3.95. The van der Waals surface area contributed by atoms with Gasteiger partial charge in [-0.1, -0.05) is 12.1 Å². The van der Waals surface area contributed by atoms with Crippen LogP contribution in [0.25, 0.3) is 10.2 Å². The number of rotatable bonds is 5. The molecule has 1 aliphatic heterocycles. The van der Waals surface area contributed by atoms with E-state index in [4.69, 9.17) is 9.40 Å². The van der Waals surface area contributed by atoms with Gasteiger partial charge in [-0.2, -0.15) is 0 Å². The van der Waals surface area contributed by atoms with Crippen LogP contribution in [-0.2, 0) is 4.79 Å². The van der Waals surface area contributed by atoms with Crippen LogP contribution in [0.15, 0.2) is 47.1 Å². The number of benzene rings is 1. The van der Waals surface area contributed by atoms with E-state index in [2.05, 4.69) is 23.5 Å². The molecule has 0 unspecified atom stereocenters. The van der Waals surface area contributed by atoms with Crippen LogP contribution in [0.2, 0.25) is 0 Å². The summed E-state index contributed by atoms with van der Waals surface area (Å²) in [5, 5.41) is 4.46. The first kappa shape index (κ1) is 17.2. The molecule has 136 valence electrons. The quantitative estimate of drug-likeness (QED) is 0.740. The minimum Gasteiger partial charge on any atom is -0.468 e. The molecule has 0 radical (unpaired) electrons. The fourth-order valence-electron chi connectivity index (χ4n) is 3.43. The van der Waals surface area contributed by atoms with Gasteiger partial charge in [-0.15, -0.1) is 11.3 Å². The van der Waals surface area contributed by atoms with Gasteiger partial charge in [-0.25, -0.2) is 4.98 Å². The second-order valence-electron chi connectivity index (χ2n) is 6.79. The number of aromatic nitrogens is 1. The Bertz CT molecular complexity index is 833. The van der Waals surface area contributed by atoms with Gasteiger partial charge in [0.15, 0.2) is 0 Å². The first-order valence-electron chi connectivity index (χ1n) is 9.11. The molecule has 2 aromatic heterocycles. The zero-order valence-corrected chi connectivity index (χ0v) is 15.7. The van der Waals surface area contributed by atoms with E-state index in [1.807, 2.05) is 30.0 Å². The number of carbonyl (C=O) groups is 1. The van der Waals surface area contributed by atoms with Crippen molar-refractivity contribution in [2.45, 2.75) is 31.7 Å². The van der Waals surface area contributed by atoms with Crippen molar-refractivity contribution in [2.75, 3.05) is 19.6 Å². The van der Waals surface area contributed by atoms with Gasteiger partial charge in [0, 0.05) is 19.0 Å². The molecule has 4 rings (SSSR count). The third-order valence-electron chi connectivity index (χ3n) is 5.04. The van der Waals surface area contributed by atoms with Crippen LogP contribution in [0.1, 0.15) is 42.5 Å². The highest BCUT2D eigenvalue weighted by atomic mass is 32.1. The van der Waals surface area contributed by atoms with Crippen LogP contribution >= 0.6 is 11.3 Å². The maximum Gasteiger partial charge on any atom is 0.236 e. The van der Waals surface area contributed by atoms with Crippen molar-refractivity contribution in [3.8, 4) is 0 Å². The SMILES string of the molecule is C[C@H](NCC(=O)N1CCC(c2nc3ccccc3s2)CC1)c1ccco1. The van der Waals surface area contributed by atoms with Crippen LogP contribution < -0.4 is 5.32 Å². The Kier molecular flexibility index (Phi) is 5.04. The number of carbonyl (C=O) groups excluding carboxylic acids is 1. The summed E-state index contributed by atoms with van der Waals surface area (Å²) in [4.78, 5) is 19.2. The number of thiazole rings is 1. The van der Waals surface area contributed by atoms with E-state index in [-0.39, 0.29) is 11.9 Å². The minimum atomic E-state index is 0.0363. The van der Waals surface area contributed by atoms with Gasteiger partial charge in [-0.05, 0) is 44.0 Å². The van der Waals surface area contributed by atoms with Gasteiger partial charge in [0.25, 0.3) is 0 Å². The third-order valence-corrected chi connectivity index (χ3v) is 6.24. The molecule has 1 N–H and O–H groups in total. The van der Waals surface area contributed by atoms with Crippen molar-refractivity contribution in [1.82, 2.24) is 15.2 Å². The number of likely N-dealkylation sites (tertiary alicyclic amines) is 1. The summed E-state index contributed by atoms with van der Waals surface area (Å²) >= 11 is 1.79. The molecular formula is C20H23N3O2S. The molecular weight excluding hydrogens is 346 g/mol. The molecule has 6 heteroatoms. The van der Waals surface area contributed by atoms with Crippen molar-refractivity contribution in [3.63, 3.8) is 0 Å². The van der Waals surface area contributed by atoms with Gasteiger partial charge < -0.3 is 9.32 Å². The van der Waals surface area contributed by atoms with Crippen LogP contribution in [0.5, 0.6) is 0 Å². The number of nitrogens with zero attached hydrogens (tertiary/aromatic N) is 2. The predicted molar refractivity (Wildman–Crippen MR) is 103 cm³/mol. The zero-order chi connectivity index (χ0) is 17.9. The summed E-state index contributed by atoms with van der Waals surface area (Å²) in [5.41, 5.74) is 1.09. The van der Waals surface area contributed by atoms with Crippen molar-refractivity contribution < 1.29 is 9.21 Å². The Labute approximate surface area is 157 Å². The molecule has 5 nitrogen and oxygen atoms in total. The lowest BCUT2D eigenvalue weighted by molar-refractivity contribution is -0.131. The Balaban J connectivity index is 1.29. The predicted octanol–water partition coefficient (Wildman–Crippen LogP) is 3.95. The molecule has 1 amide bonds. The van der Waals surface area contributed by atoms with Crippen molar-refractivity contribution in [2.24, 2.45) is 0 Å². The smallest absolute Gasteiger partial charge is 0.236 e. The van der Waals surface area contributed by atoms with Crippen LogP contribution in [0.3, 0.4) is 0 Å². The highest BCUT2D eigenvalue weighted by molar-refractivity contribution is 7.18. The summed E-state index contributed by atoms with van der Waals surface area (Å²) in [6, 6.07) is 12.1. The van der Waals surface area contributed by atoms with Gasteiger partial charge in [0.2, 0.25) is 5.91 Å². The van der Waals surface area contributed by atoms with E-state index in [9.17, 15) is 4.79 Å². The number of nitrogens with one attached hydrogen (secondary N) is 1. The van der Waals surface area contributed by atoms with Crippen LogP contribution in [0, 0.1) is 0 Å². The minimum absolute atomic E-state index is 0.0363. The standard InChI is InChI=1S/C20H23N3O2S/c1-14(17-6-4-12-25-17)21-13-19(24)23-10-8-15(9-11-23)20-22-16-5-2-3-7-18(16)26-20/h2-7,12,14-15,21H,8-11,13H2,1H3/t14-/m0/s1. The maximum absolute atomic E-state index is 12.5. The van der Waals surface area contributed by atoms with Crippen LogP contribution in [-0.4, -0.2) is 35.4 Å². The van der Waals surface area contributed by atoms with Gasteiger partial charge in [-0.3, -0.25) is 10.1 Å². The highest BCUT2D eigenvalue weighted by Gasteiger charge is 2.26. The normalized spacial score (nSPS) is 16.9. The molecule has 0 spiro atoms. The number of amides is 1. The van der Waals surface area contributed by atoms with E-state index in [0.717, 1.165) is 37.2 Å². The fourth-order valence-corrected chi connectivity index (χ4v) is 4.57. The van der Waals surface area contributed by atoms with Gasteiger partial charge in [0.1, 0.15) is 5.76 Å². The molecule has 1 saturated heterocycles. The first-order valence-corrected chi connectivity index (χ1v) is 9.92. The Hall–Kier alpha value is -2.18. The third kappa shape index (κ3) is 3.66. The molecule has 0 saturated carbocycles. The molecule has 3 aromatic rings. The average molecular weight is 369 g/mol. The number of para-hydroxylation sites is 1. The van der Waals surface area contributed by atoms with Crippen molar-refractivity contribution >= 4 is 27.5 Å². The lowest BCUT2D eigenvalue weighted by Gasteiger charge is -2.31. The molecule has 0 aliphatic carbocycles. The number of piperidine rings is 1. The van der Waals surface area contributed by atoms with Crippen molar-refractivity contribution in [1.29, 1.82) is 0 Å². The van der Waals surface area contributed by atoms with E-state index in [1.165, 1.54) is 9.71 Å². The summed E-state index contributed by atoms with van der Waals surface area (Å²) in [6.07, 6.45) is 3.63. The number of hydrogen-bond donors (Lipinski definition) is 1.